The molecule has 0 aliphatic heterocycles. The van der Waals surface area contributed by atoms with Gasteiger partial charge in [-0.1, -0.05) is 12.6 Å². The molecular formula is C11H14N2OS. The van der Waals surface area contributed by atoms with Crippen LogP contribution < -0.4 is 0 Å². The third-order valence-corrected chi connectivity index (χ3v) is 2.20. The SMILES string of the molecule is C=C(OC(=S)N(C)C)c1cccc(C)n1. The van der Waals surface area contributed by atoms with Crippen LogP contribution in [0.3, 0.4) is 0 Å². The quantitative estimate of drug-likeness (QED) is 0.566. The highest BCUT2D eigenvalue weighted by Crippen LogP contribution is 2.12. The molecule has 0 atom stereocenters. The number of thiocarbonyl (C=S) groups is 1. The molecule has 0 amide bonds. The fourth-order valence-electron chi connectivity index (χ4n) is 0.947. The summed E-state index contributed by atoms with van der Waals surface area (Å²) in [5, 5.41) is 0.378. The third-order valence-electron chi connectivity index (χ3n) is 1.75. The first-order chi connectivity index (χ1) is 7.00. The van der Waals surface area contributed by atoms with Crippen molar-refractivity contribution in [3.63, 3.8) is 0 Å². The number of pyridine rings is 1. The van der Waals surface area contributed by atoms with E-state index in [0.29, 0.717) is 16.6 Å². The van der Waals surface area contributed by atoms with Gasteiger partial charge in [0.15, 0.2) is 0 Å². The molecule has 1 aromatic heterocycles. The van der Waals surface area contributed by atoms with Crippen molar-refractivity contribution in [2.24, 2.45) is 0 Å². The fraction of sp³-hybridized carbons (Fsp3) is 0.273. The molecule has 0 aliphatic carbocycles. The number of hydrogen-bond donors (Lipinski definition) is 0. The van der Waals surface area contributed by atoms with E-state index in [9.17, 15) is 0 Å². The van der Waals surface area contributed by atoms with E-state index in [1.807, 2.05) is 39.2 Å². The first kappa shape index (κ1) is 11.7. The number of rotatable bonds is 2. The van der Waals surface area contributed by atoms with E-state index < -0.39 is 0 Å². The summed E-state index contributed by atoms with van der Waals surface area (Å²) in [6.45, 7) is 5.71. The van der Waals surface area contributed by atoms with Crippen LogP contribution in [-0.2, 0) is 4.74 Å². The van der Waals surface area contributed by atoms with Gasteiger partial charge in [-0.2, -0.15) is 0 Å². The topological polar surface area (TPSA) is 25.4 Å². The first-order valence-corrected chi connectivity index (χ1v) is 4.93. The Hall–Kier alpha value is -1.42. The van der Waals surface area contributed by atoms with Crippen molar-refractivity contribution in [3.8, 4) is 0 Å². The number of hydrogen-bond acceptors (Lipinski definition) is 3. The fourth-order valence-corrected chi connectivity index (χ4v) is 1.05. The van der Waals surface area contributed by atoms with Gasteiger partial charge in [0.25, 0.3) is 5.17 Å². The van der Waals surface area contributed by atoms with E-state index in [2.05, 4.69) is 11.6 Å². The molecule has 4 heteroatoms. The molecule has 1 aromatic rings. The maximum atomic E-state index is 5.35. The van der Waals surface area contributed by atoms with Crippen LogP contribution in [0.15, 0.2) is 24.8 Å². The molecule has 0 aromatic carbocycles. The average Bonchev–Trinajstić information content (AvgIpc) is 2.17. The van der Waals surface area contributed by atoms with Crippen LogP contribution in [0.4, 0.5) is 0 Å². The van der Waals surface area contributed by atoms with Crippen molar-refractivity contribution < 1.29 is 4.74 Å². The van der Waals surface area contributed by atoms with E-state index in [-0.39, 0.29) is 0 Å². The zero-order valence-electron chi connectivity index (χ0n) is 9.15. The van der Waals surface area contributed by atoms with Crippen molar-refractivity contribution in [2.75, 3.05) is 14.1 Å². The van der Waals surface area contributed by atoms with Crippen LogP contribution in [0.2, 0.25) is 0 Å². The highest BCUT2D eigenvalue weighted by molar-refractivity contribution is 7.80. The molecule has 0 aliphatic rings. The predicted octanol–water partition coefficient (Wildman–Crippen LogP) is 2.22. The van der Waals surface area contributed by atoms with Crippen molar-refractivity contribution in [1.82, 2.24) is 9.88 Å². The summed E-state index contributed by atoms with van der Waals surface area (Å²) in [4.78, 5) is 5.99. The standard InChI is InChI=1S/C11H14N2OS/c1-8-6-5-7-10(12-8)9(2)14-11(15)13(3)4/h5-7H,2H2,1,3-4H3. The van der Waals surface area contributed by atoms with Crippen LogP contribution in [-0.4, -0.2) is 29.2 Å². The summed E-state index contributed by atoms with van der Waals surface area (Å²) in [6, 6.07) is 5.67. The largest absolute Gasteiger partial charge is 0.430 e. The van der Waals surface area contributed by atoms with E-state index >= 15 is 0 Å². The summed E-state index contributed by atoms with van der Waals surface area (Å²) in [5.41, 5.74) is 1.63. The summed E-state index contributed by atoms with van der Waals surface area (Å²) < 4.78 is 5.35. The van der Waals surface area contributed by atoms with Crippen LogP contribution in [0.25, 0.3) is 5.76 Å². The minimum atomic E-state index is 0.378. The van der Waals surface area contributed by atoms with Crippen molar-refractivity contribution in [1.29, 1.82) is 0 Å². The molecule has 1 rings (SSSR count). The van der Waals surface area contributed by atoms with Gasteiger partial charge in [0.2, 0.25) is 0 Å². The summed E-state index contributed by atoms with van der Waals surface area (Å²) in [7, 11) is 3.64. The molecule has 1 heterocycles. The van der Waals surface area contributed by atoms with Crippen LogP contribution >= 0.6 is 12.2 Å². The Kier molecular flexibility index (Phi) is 3.80. The Bertz CT molecular complexity index is 388. The summed E-state index contributed by atoms with van der Waals surface area (Å²) in [6.07, 6.45) is 0. The molecule has 0 bridgehead atoms. The van der Waals surface area contributed by atoms with Gasteiger partial charge in [-0.05, 0) is 31.3 Å². The average molecular weight is 222 g/mol. The van der Waals surface area contributed by atoms with Crippen molar-refractivity contribution >= 4 is 23.2 Å². The Labute approximate surface area is 95.4 Å². The van der Waals surface area contributed by atoms with Gasteiger partial charge in [-0.25, -0.2) is 4.98 Å². The van der Waals surface area contributed by atoms with Gasteiger partial charge in [0, 0.05) is 19.8 Å². The molecule has 3 nitrogen and oxygen atoms in total. The lowest BCUT2D eigenvalue weighted by atomic mass is 10.3. The number of aryl methyl sites for hydroxylation is 1. The molecule has 0 fully saturated rings. The zero-order valence-corrected chi connectivity index (χ0v) is 9.97. The maximum Gasteiger partial charge on any atom is 0.264 e. The molecule has 0 radical (unpaired) electrons. The minimum absolute atomic E-state index is 0.378. The van der Waals surface area contributed by atoms with Crippen molar-refractivity contribution in [2.45, 2.75) is 6.92 Å². The second kappa shape index (κ2) is 4.89. The van der Waals surface area contributed by atoms with Gasteiger partial charge in [0.05, 0.1) is 0 Å². The Morgan fingerprint density at radius 2 is 2.13 bits per heavy atom. The van der Waals surface area contributed by atoms with E-state index in [1.165, 1.54) is 0 Å². The number of aromatic nitrogens is 1. The Balaban J connectivity index is 2.74. The molecular weight excluding hydrogens is 208 g/mol. The summed E-state index contributed by atoms with van der Waals surface area (Å²) >= 11 is 5.00. The number of nitrogens with zero attached hydrogens (tertiary/aromatic N) is 2. The Morgan fingerprint density at radius 3 is 2.67 bits per heavy atom. The zero-order chi connectivity index (χ0) is 11.4. The molecule has 0 N–H and O–H groups in total. The van der Waals surface area contributed by atoms with Crippen molar-refractivity contribution in [3.05, 3.63) is 36.2 Å². The molecule has 80 valence electrons. The monoisotopic (exact) mass is 222 g/mol. The van der Waals surface area contributed by atoms with Gasteiger partial charge in [-0.3, -0.25) is 0 Å². The van der Waals surface area contributed by atoms with Gasteiger partial charge in [-0.15, -0.1) is 0 Å². The molecule has 0 saturated carbocycles. The summed E-state index contributed by atoms with van der Waals surface area (Å²) in [5.74, 6) is 0.470. The normalized spacial score (nSPS) is 9.53. The van der Waals surface area contributed by atoms with Crippen LogP contribution in [0.1, 0.15) is 11.4 Å². The molecule has 15 heavy (non-hydrogen) atoms. The smallest absolute Gasteiger partial charge is 0.264 e. The van der Waals surface area contributed by atoms with E-state index in [0.717, 1.165) is 5.69 Å². The third kappa shape index (κ3) is 3.32. The molecule has 0 unspecified atom stereocenters. The molecule has 0 saturated heterocycles. The lowest BCUT2D eigenvalue weighted by molar-refractivity contribution is 0.419. The van der Waals surface area contributed by atoms with Gasteiger partial charge in [0.1, 0.15) is 11.5 Å². The van der Waals surface area contributed by atoms with E-state index in [4.69, 9.17) is 17.0 Å². The van der Waals surface area contributed by atoms with E-state index in [1.54, 1.807) is 4.90 Å². The maximum absolute atomic E-state index is 5.35. The number of ether oxygens (including phenoxy) is 1. The predicted molar refractivity (Wildman–Crippen MR) is 65.4 cm³/mol. The second-order valence-corrected chi connectivity index (χ2v) is 3.70. The van der Waals surface area contributed by atoms with Gasteiger partial charge >= 0.3 is 0 Å². The Morgan fingerprint density at radius 1 is 1.47 bits per heavy atom. The van der Waals surface area contributed by atoms with Gasteiger partial charge < -0.3 is 9.64 Å². The van der Waals surface area contributed by atoms with Crippen LogP contribution in [0, 0.1) is 6.92 Å². The first-order valence-electron chi connectivity index (χ1n) is 4.53. The molecule has 0 spiro atoms. The van der Waals surface area contributed by atoms with Crippen LogP contribution in [0.5, 0.6) is 0 Å². The second-order valence-electron chi connectivity index (χ2n) is 3.35. The lowest BCUT2D eigenvalue weighted by Gasteiger charge is -2.15. The lowest BCUT2D eigenvalue weighted by Crippen LogP contribution is -2.21. The highest BCUT2D eigenvalue weighted by atomic mass is 32.1. The highest BCUT2D eigenvalue weighted by Gasteiger charge is 2.06. The minimum Gasteiger partial charge on any atom is -0.430 e.